The Morgan fingerprint density at radius 3 is 2.47 bits per heavy atom. The van der Waals surface area contributed by atoms with Crippen LogP contribution in [0.1, 0.15) is 29.4 Å². The van der Waals surface area contributed by atoms with Crippen molar-refractivity contribution in [1.29, 1.82) is 0 Å². The van der Waals surface area contributed by atoms with Crippen LogP contribution in [0.4, 0.5) is 13.2 Å². The normalized spacial score (nSPS) is 14.6. The molecule has 0 saturated heterocycles. The lowest BCUT2D eigenvalue weighted by atomic mass is 9.99. The number of hydrogen-bond acceptors (Lipinski definition) is 4. The summed E-state index contributed by atoms with van der Waals surface area (Å²) in [7, 11) is 0. The third kappa shape index (κ3) is 6.34. The topological polar surface area (TPSA) is 86.9 Å². The van der Waals surface area contributed by atoms with Gasteiger partial charge in [0.15, 0.2) is 0 Å². The van der Waals surface area contributed by atoms with Crippen molar-refractivity contribution in [2.45, 2.75) is 45.5 Å². The quantitative estimate of drug-likeness (QED) is 0.590. The van der Waals surface area contributed by atoms with Crippen LogP contribution in [-0.2, 0) is 29.0 Å². The second-order valence-electron chi connectivity index (χ2n) is 8.19. The highest BCUT2D eigenvalue weighted by atomic mass is 19.4. The first-order chi connectivity index (χ1) is 16.1. The zero-order valence-corrected chi connectivity index (χ0v) is 19.0. The number of carbonyl (C=O) groups excluding carboxylic acids is 1. The summed E-state index contributed by atoms with van der Waals surface area (Å²) in [6, 6.07) is 14.8. The van der Waals surface area contributed by atoms with Crippen LogP contribution in [0.15, 0.2) is 48.7 Å². The number of carboxylic acids is 1. The number of imidazole rings is 1. The van der Waals surface area contributed by atoms with Crippen LogP contribution in [0.2, 0.25) is 0 Å². The van der Waals surface area contributed by atoms with E-state index in [1.807, 2.05) is 35.7 Å². The summed E-state index contributed by atoms with van der Waals surface area (Å²) in [6.45, 7) is 6.81. The molecule has 0 spiro atoms. The fourth-order valence-corrected chi connectivity index (χ4v) is 3.88. The summed E-state index contributed by atoms with van der Waals surface area (Å²) < 4.78 is 33.7. The van der Waals surface area contributed by atoms with Gasteiger partial charge < -0.3 is 14.8 Å². The van der Waals surface area contributed by atoms with Crippen LogP contribution in [-0.4, -0.2) is 56.6 Å². The van der Waals surface area contributed by atoms with Gasteiger partial charge in [0.2, 0.25) is 5.91 Å². The summed E-state index contributed by atoms with van der Waals surface area (Å²) in [5.74, 6) is -2.71. The van der Waals surface area contributed by atoms with Crippen molar-refractivity contribution in [3.63, 3.8) is 0 Å². The number of hydrogen-bond donors (Lipinski definition) is 2. The third-order valence-corrected chi connectivity index (χ3v) is 5.78. The minimum Gasteiger partial charge on any atom is -0.475 e. The van der Waals surface area contributed by atoms with Crippen molar-refractivity contribution < 1.29 is 27.9 Å². The summed E-state index contributed by atoms with van der Waals surface area (Å²) in [5, 5.41) is 10.2. The van der Waals surface area contributed by atoms with Gasteiger partial charge in [-0.15, -0.1) is 0 Å². The third-order valence-electron chi connectivity index (χ3n) is 5.78. The van der Waals surface area contributed by atoms with E-state index in [1.54, 1.807) is 0 Å². The van der Waals surface area contributed by atoms with E-state index in [-0.39, 0.29) is 5.91 Å². The Kier molecular flexibility index (Phi) is 7.93. The van der Waals surface area contributed by atoms with Gasteiger partial charge in [-0.2, -0.15) is 13.2 Å². The number of nitrogens with zero attached hydrogens (tertiary/aromatic N) is 3. The summed E-state index contributed by atoms with van der Waals surface area (Å²) in [5.41, 5.74) is 5.62. The molecule has 0 saturated carbocycles. The molecule has 2 N–H and O–H groups in total. The summed E-state index contributed by atoms with van der Waals surface area (Å²) >= 11 is 0. The summed E-state index contributed by atoms with van der Waals surface area (Å²) in [4.78, 5) is 28.4. The molecule has 34 heavy (non-hydrogen) atoms. The van der Waals surface area contributed by atoms with Crippen molar-refractivity contribution >= 4 is 17.5 Å². The minimum atomic E-state index is -5.08. The van der Waals surface area contributed by atoms with Crippen LogP contribution in [0.5, 0.6) is 0 Å². The van der Waals surface area contributed by atoms with E-state index < -0.39 is 12.1 Å². The first-order valence-electron chi connectivity index (χ1n) is 10.9. The number of carboxylic acid groups (broad SMARTS) is 1. The Bertz CT molecular complexity index is 1160. The zero-order chi connectivity index (χ0) is 24.9. The van der Waals surface area contributed by atoms with Crippen molar-refractivity contribution in [2.75, 3.05) is 13.1 Å². The van der Waals surface area contributed by atoms with Gasteiger partial charge in [0, 0.05) is 31.9 Å². The molecule has 2 aromatic heterocycles. The van der Waals surface area contributed by atoms with Gasteiger partial charge in [-0.05, 0) is 43.5 Å². The van der Waals surface area contributed by atoms with Gasteiger partial charge in [-0.25, -0.2) is 9.78 Å². The van der Waals surface area contributed by atoms with Gasteiger partial charge in [0.25, 0.3) is 0 Å². The Labute approximate surface area is 195 Å². The molecule has 1 amide bonds. The average molecular weight is 476 g/mol. The van der Waals surface area contributed by atoms with E-state index >= 15 is 0 Å². The molecule has 0 aliphatic carbocycles. The van der Waals surface area contributed by atoms with E-state index in [0.717, 1.165) is 36.5 Å². The largest absolute Gasteiger partial charge is 0.490 e. The van der Waals surface area contributed by atoms with E-state index in [1.165, 1.54) is 11.1 Å². The molecule has 10 heteroatoms. The number of halogens is 3. The lowest BCUT2D eigenvalue weighted by Crippen LogP contribution is -2.44. The molecule has 7 nitrogen and oxygen atoms in total. The molecule has 1 aliphatic rings. The molecular formula is C24H27F3N4O3. The Hall–Kier alpha value is -3.40. The van der Waals surface area contributed by atoms with Crippen molar-refractivity contribution in [1.82, 2.24) is 19.6 Å². The number of rotatable bonds is 5. The average Bonchev–Trinajstić information content (AvgIpc) is 3.11. The molecule has 1 aliphatic heterocycles. The number of fused-ring (bicyclic) bond motifs is 2. The van der Waals surface area contributed by atoms with Crippen LogP contribution in [0.3, 0.4) is 0 Å². The number of pyridine rings is 1. The maximum absolute atomic E-state index is 12.5. The van der Waals surface area contributed by atoms with E-state index in [0.29, 0.717) is 19.0 Å². The Morgan fingerprint density at radius 1 is 1.15 bits per heavy atom. The highest BCUT2D eigenvalue weighted by molar-refractivity contribution is 5.78. The molecule has 1 atom stereocenters. The fourth-order valence-electron chi connectivity index (χ4n) is 3.88. The number of aryl methyl sites for hydroxylation is 1. The molecule has 1 unspecified atom stereocenters. The number of aromatic nitrogens is 2. The minimum absolute atomic E-state index is 0.0491. The fraction of sp³-hybridized carbons (Fsp3) is 0.375. The molecule has 3 heterocycles. The number of carbonyl (C=O) groups is 2. The van der Waals surface area contributed by atoms with Crippen LogP contribution in [0, 0.1) is 6.92 Å². The number of benzene rings is 1. The first-order valence-corrected chi connectivity index (χ1v) is 10.9. The lowest BCUT2D eigenvalue weighted by Gasteiger charge is -2.33. The number of aliphatic carboxylic acids is 1. The van der Waals surface area contributed by atoms with Gasteiger partial charge in [-0.3, -0.25) is 9.69 Å². The van der Waals surface area contributed by atoms with Crippen molar-refractivity contribution in [2.24, 2.45) is 0 Å². The molecule has 4 rings (SSSR count). The molecule has 182 valence electrons. The molecule has 3 aromatic rings. The van der Waals surface area contributed by atoms with Gasteiger partial charge in [-0.1, -0.05) is 30.3 Å². The maximum Gasteiger partial charge on any atom is 0.490 e. The zero-order valence-electron chi connectivity index (χ0n) is 19.0. The molecule has 0 bridgehead atoms. The van der Waals surface area contributed by atoms with Gasteiger partial charge >= 0.3 is 12.1 Å². The van der Waals surface area contributed by atoms with Crippen molar-refractivity contribution in [3.05, 3.63) is 71.2 Å². The highest BCUT2D eigenvalue weighted by Gasteiger charge is 2.38. The van der Waals surface area contributed by atoms with E-state index in [9.17, 15) is 18.0 Å². The van der Waals surface area contributed by atoms with Crippen LogP contribution >= 0.6 is 0 Å². The monoisotopic (exact) mass is 476 g/mol. The molecular weight excluding hydrogens is 449 g/mol. The SMILES string of the molecule is Cc1nc2ccccn2c1CC(=O)NCC(C)N1CCc2ccccc2C1.O=C(O)C(F)(F)F. The number of amides is 1. The standard InChI is InChI=1S/C22H26N4O.C2HF3O2/c1-16(25-12-10-18-7-3-4-8-19(18)15-25)14-23-22(27)13-20-17(2)24-21-9-5-6-11-26(20)21;3-2(4,5)1(6)7/h3-9,11,16H,10,12-15H2,1-2H3,(H,23,27);(H,6,7). The summed E-state index contributed by atoms with van der Waals surface area (Å²) in [6.07, 6.45) is -1.69. The van der Waals surface area contributed by atoms with E-state index in [4.69, 9.17) is 9.90 Å². The Balaban J connectivity index is 0.000000406. The second kappa shape index (κ2) is 10.7. The molecule has 0 radical (unpaired) electrons. The van der Waals surface area contributed by atoms with Gasteiger partial charge in [0.05, 0.1) is 17.8 Å². The number of alkyl halides is 3. The van der Waals surface area contributed by atoms with Crippen molar-refractivity contribution in [3.8, 4) is 0 Å². The second-order valence-corrected chi connectivity index (χ2v) is 8.19. The van der Waals surface area contributed by atoms with Gasteiger partial charge in [0.1, 0.15) is 5.65 Å². The molecule has 0 fully saturated rings. The lowest BCUT2D eigenvalue weighted by molar-refractivity contribution is -0.192. The number of nitrogens with one attached hydrogen (secondary N) is 1. The van der Waals surface area contributed by atoms with E-state index in [2.05, 4.69) is 46.4 Å². The molecule has 1 aromatic carbocycles. The predicted molar refractivity (Wildman–Crippen MR) is 120 cm³/mol. The highest BCUT2D eigenvalue weighted by Crippen LogP contribution is 2.20. The van der Waals surface area contributed by atoms with Crippen LogP contribution in [0.25, 0.3) is 5.65 Å². The smallest absolute Gasteiger partial charge is 0.475 e. The maximum atomic E-state index is 12.5. The Morgan fingerprint density at radius 2 is 1.79 bits per heavy atom. The predicted octanol–water partition coefficient (Wildman–Crippen LogP) is 3.38. The van der Waals surface area contributed by atoms with Crippen LogP contribution < -0.4 is 5.32 Å². The first kappa shape index (κ1) is 25.2.